The van der Waals surface area contributed by atoms with Crippen molar-refractivity contribution in [3.05, 3.63) is 53.3 Å². The van der Waals surface area contributed by atoms with Crippen molar-refractivity contribution in [2.45, 2.75) is 13.1 Å². The fraction of sp³-hybridized carbons (Fsp3) is 0.263. The maximum Gasteiger partial charge on any atom is 0.449 e. The summed E-state index contributed by atoms with van der Waals surface area (Å²) in [6, 6.07) is 9.61. The number of aromatic amines is 1. The van der Waals surface area contributed by atoms with Crippen molar-refractivity contribution in [1.29, 1.82) is 0 Å². The minimum atomic E-state index is -4.57. The molecule has 3 rings (SSSR count). The second-order valence-electron chi connectivity index (χ2n) is 6.07. The predicted octanol–water partition coefficient (Wildman–Crippen LogP) is 3.71. The first-order chi connectivity index (χ1) is 13.3. The highest BCUT2D eigenvalue weighted by molar-refractivity contribution is 5.97. The summed E-state index contributed by atoms with van der Waals surface area (Å²) in [7, 11) is 1.54. The summed E-state index contributed by atoms with van der Waals surface area (Å²) >= 11 is 0. The fourth-order valence-corrected chi connectivity index (χ4v) is 2.61. The summed E-state index contributed by atoms with van der Waals surface area (Å²) in [5, 5.41) is 2.66. The molecule has 0 spiro atoms. The Morgan fingerprint density at radius 2 is 1.96 bits per heavy atom. The molecule has 0 atom stereocenters. The third-order valence-corrected chi connectivity index (χ3v) is 3.98. The summed E-state index contributed by atoms with van der Waals surface area (Å²) in [5.41, 5.74) is 1.53. The average Bonchev–Trinajstić information content (AvgIpc) is 3.09. The Balaban J connectivity index is 1.59. The largest absolute Gasteiger partial charge is 0.493 e. The number of methoxy groups -OCH3 is 1. The molecule has 1 aromatic heterocycles. The average molecular weight is 393 g/mol. The smallest absolute Gasteiger partial charge is 0.449 e. The van der Waals surface area contributed by atoms with Gasteiger partial charge >= 0.3 is 6.18 Å². The van der Waals surface area contributed by atoms with Crippen LogP contribution >= 0.6 is 0 Å². The fourth-order valence-electron chi connectivity index (χ4n) is 2.61. The van der Waals surface area contributed by atoms with Gasteiger partial charge in [0.25, 0.3) is 5.91 Å². The molecule has 2 N–H and O–H groups in total. The van der Waals surface area contributed by atoms with Crippen LogP contribution in [0.3, 0.4) is 0 Å². The minimum absolute atomic E-state index is 0.138. The maximum atomic E-state index is 12.7. The third-order valence-electron chi connectivity index (χ3n) is 3.98. The Kier molecular flexibility index (Phi) is 5.43. The number of imidazole rings is 1. The van der Waals surface area contributed by atoms with E-state index in [1.54, 1.807) is 13.2 Å². The van der Waals surface area contributed by atoms with Crippen molar-refractivity contribution in [2.24, 2.45) is 0 Å². The van der Waals surface area contributed by atoms with Gasteiger partial charge in [-0.2, -0.15) is 13.2 Å². The van der Waals surface area contributed by atoms with E-state index < -0.39 is 17.9 Å². The van der Waals surface area contributed by atoms with Gasteiger partial charge in [0.15, 0.2) is 11.5 Å². The molecule has 0 aliphatic rings. The Morgan fingerprint density at radius 3 is 2.68 bits per heavy atom. The lowest BCUT2D eigenvalue weighted by molar-refractivity contribution is -0.144. The molecule has 0 bridgehead atoms. The minimum Gasteiger partial charge on any atom is -0.493 e. The van der Waals surface area contributed by atoms with Crippen LogP contribution in [-0.2, 0) is 6.18 Å². The van der Waals surface area contributed by atoms with E-state index in [0.717, 1.165) is 5.56 Å². The molecule has 1 amide bonds. The molecule has 0 radical (unpaired) electrons. The molecular formula is C19H18F3N3O3. The van der Waals surface area contributed by atoms with Crippen molar-refractivity contribution < 1.29 is 27.4 Å². The van der Waals surface area contributed by atoms with Crippen LogP contribution < -0.4 is 14.8 Å². The number of carbonyl (C=O) groups is 1. The van der Waals surface area contributed by atoms with E-state index in [1.165, 1.54) is 18.2 Å². The second kappa shape index (κ2) is 7.79. The van der Waals surface area contributed by atoms with E-state index >= 15 is 0 Å². The van der Waals surface area contributed by atoms with Gasteiger partial charge < -0.3 is 19.8 Å². The van der Waals surface area contributed by atoms with Crippen molar-refractivity contribution >= 4 is 16.9 Å². The molecule has 0 aliphatic carbocycles. The highest BCUT2D eigenvalue weighted by Crippen LogP contribution is 2.29. The van der Waals surface area contributed by atoms with Crippen LogP contribution in [0.15, 0.2) is 36.4 Å². The van der Waals surface area contributed by atoms with Gasteiger partial charge in [-0.3, -0.25) is 4.79 Å². The summed E-state index contributed by atoms with van der Waals surface area (Å²) in [6.07, 6.45) is -4.57. The molecule has 2 aromatic carbocycles. The first kappa shape index (κ1) is 19.5. The van der Waals surface area contributed by atoms with Gasteiger partial charge in [0.05, 0.1) is 24.7 Å². The first-order valence-corrected chi connectivity index (χ1v) is 8.40. The molecule has 3 aromatic rings. The number of rotatable bonds is 6. The van der Waals surface area contributed by atoms with Crippen molar-refractivity contribution in [3.63, 3.8) is 0 Å². The van der Waals surface area contributed by atoms with Gasteiger partial charge in [-0.1, -0.05) is 6.07 Å². The van der Waals surface area contributed by atoms with Crippen molar-refractivity contribution in [3.8, 4) is 11.5 Å². The number of nitrogens with one attached hydrogen (secondary N) is 2. The number of nitrogens with zero attached hydrogens (tertiary/aromatic N) is 1. The molecule has 0 unspecified atom stereocenters. The van der Waals surface area contributed by atoms with E-state index in [9.17, 15) is 18.0 Å². The summed E-state index contributed by atoms with van der Waals surface area (Å²) in [4.78, 5) is 17.9. The SMILES string of the molecule is COc1cc(C)ccc1OCCNC(=O)c1ccc2nc(C(F)(F)F)[nH]c2c1. The van der Waals surface area contributed by atoms with Crippen LogP contribution in [0.4, 0.5) is 13.2 Å². The molecule has 9 heteroatoms. The molecule has 0 aliphatic heterocycles. The van der Waals surface area contributed by atoms with Crippen molar-refractivity contribution in [1.82, 2.24) is 15.3 Å². The zero-order valence-electron chi connectivity index (χ0n) is 15.2. The summed E-state index contributed by atoms with van der Waals surface area (Å²) in [6.45, 7) is 2.35. The molecule has 0 saturated heterocycles. The molecule has 148 valence electrons. The van der Waals surface area contributed by atoms with Crippen LogP contribution in [0.2, 0.25) is 0 Å². The highest BCUT2D eigenvalue weighted by Gasteiger charge is 2.34. The molecule has 1 heterocycles. The number of H-pyrrole nitrogens is 1. The number of alkyl halides is 3. The Labute approximate surface area is 158 Å². The number of benzene rings is 2. The highest BCUT2D eigenvalue weighted by atomic mass is 19.4. The quantitative estimate of drug-likeness (QED) is 0.626. The lowest BCUT2D eigenvalue weighted by Crippen LogP contribution is -2.28. The molecular weight excluding hydrogens is 375 g/mol. The number of halogens is 3. The molecule has 0 fully saturated rings. The van der Waals surface area contributed by atoms with E-state index in [0.29, 0.717) is 11.5 Å². The number of fused-ring (bicyclic) bond motifs is 1. The lowest BCUT2D eigenvalue weighted by Gasteiger charge is -2.11. The van der Waals surface area contributed by atoms with Crippen LogP contribution in [-0.4, -0.2) is 36.1 Å². The van der Waals surface area contributed by atoms with Gasteiger partial charge in [-0.05, 0) is 42.8 Å². The molecule has 6 nitrogen and oxygen atoms in total. The second-order valence-corrected chi connectivity index (χ2v) is 6.07. The van der Waals surface area contributed by atoms with Crippen LogP contribution in [0.1, 0.15) is 21.7 Å². The standard InChI is InChI=1S/C19H18F3N3O3/c1-11-3-6-15(16(9-11)27-2)28-8-7-23-17(26)12-4-5-13-14(10-12)25-18(24-13)19(20,21)22/h3-6,9-10H,7-8H2,1-2H3,(H,23,26)(H,24,25). The number of amides is 1. The van der Waals surface area contributed by atoms with Gasteiger partial charge in [-0.25, -0.2) is 4.98 Å². The van der Waals surface area contributed by atoms with E-state index in [1.807, 2.05) is 19.1 Å². The predicted molar refractivity (Wildman–Crippen MR) is 96.7 cm³/mol. The Morgan fingerprint density at radius 1 is 1.18 bits per heavy atom. The van der Waals surface area contributed by atoms with Gasteiger partial charge in [0.1, 0.15) is 6.61 Å². The number of aryl methyl sites for hydroxylation is 1. The zero-order valence-corrected chi connectivity index (χ0v) is 15.2. The number of hydrogen-bond donors (Lipinski definition) is 2. The molecule has 0 saturated carbocycles. The molecule has 28 heavy (non-hydrogen) atoms. The van der Waals surface area contributed by atoms with Gasteiger partial charge in [0.2, 0.25) is 5.82 Å². The topological polar surface area (TPSA) is 76.2 Å². The number of ether oxygens (including phenoxy) is 2. The van der Waals surface area contributed by atoms with E-state index in [2.05, 4.69) is 15.3 Å². The van der Waals surface area contributed by atoms with Crippen molar-refractivity contribution in [2.75, 3.05) is 20.3 Å². The number of carbonyl (C=O) groups excluding carboxylic acids is 1. The number of aromatic nitrogens is 2. The Bertz CT molecular complexity index is 999. The van der Waals surface area contributed by atoms with E-state index in [-0.39, 0.29) is 29.7 Å². The number of hydrogen-bond acceptors (Lipinski definition) is 4. The lowest BCUT2D eigenvalue weighted by atomic mass is 10.2. The normalized spacial score (nSPS) is 11.5. The summed E-state index contributed by atoms with van der Waals surface area (Å²) in [5.74, 6) is -0.373. The van der Waals surface area contributed by atoms with Crippen LogP contribution in [0.5, 0.6) is 11.5 Å². The maximum absolute atomic E-state index is 12.7. The monoisotopic (exact) mass is 393 g/mol. The van der Waals surface area contributed by atoms with Gasteiger partial charge in [-0.15, -0.1) is 0 Å². The first-order valence-electron chi connectivity index (χ1n) is 8.40. The zero-order chi connectivity index (χ0) is 20.3. The summed E-state index contributed by atoms with van der Waals surface area (Å²) < 4.78 is 49.0. The van der Waals surface area contributed by atoms with Crippen LogP contribution in [0, 0.1) is 6.92 Å². The third kappa shape index (κ3) is 4.36. The Hall–Kier alpha value is -3.23. The van der Waals surface area contributed by atoms with E-state index in [4.69, 9.17) is 9.47 Å². The van der Waals surface area contributed by atoms with Gasteiger partial charge in [0, 0.05) is 5.56 Å². The van der Waals surface area contributed by atoms with Crippen LogP contribution in [0.25, 0.3) is 11.0 Å².